The number of hydrogen-bond acceptors (Lipinski definition) is 8. The molecule has 2 radical (unpaired) electrons. The summed E-state index contributed by atoms with van der Waals surface area (Å²) in [5.41, 5.74) is 2.36. The fourth-order valence-electron chi connectivity index (χ4n) is 5.43. The van der Waals surface area contributed by atoms with E-state index in [1.54, 1.807) is 12.1 Å². The summed E-state index contributed by atoms with van der Waals surface area (Å²) in [4.78, 5) is 24.3. The number of aliphatic hydroxyl groups excluding tert-OH is 1. The van der Waals surface area contributed by atoms with Crippen molar-refractivity contribution in [2.24, 2.45) is 5.41 Å². The van der Waals surface area contributed by atoms with Gasteiger partial charge in [0.15, 0.2) is 11.5 Å². The Hall–Kier alpha value is -1.39. The number of rotatable bonds is 8. The molecule has 2 aliphatic carbocycles. The molecule has 0 atom stereocenters. The summed E-state index contributed by atoms with van der Waals surface area (Å²) < 4.78 is 55.2. The van der Waals surface area contributed by atoms with E-state index < -0.39 is 40.3 Å². The largest absolute Gasteiger partial charge is 0.395 e. The van der Waals surface area contributed by atoms with Gasteiger partial charge in [0, 0.05) is 85.0 Å². The molecule has 210 valence electrons. The van der Waals surface area contributed by atoms with E-state index in [1.807, 2.05) is 0 Å². The summed E-state index contributed by atoms with van der Waals surface area (Å²) in [6, 6.07) is 4.20. The molecule has 3 aliphatic rings. The number of nitrogens with one attached hydrogen (secondary N) is 2. The maximum Gasteiger partial charge on any atom is 0.258 e. The van der Waals surface area contributed by atoms with E-state index in [9.17, 15) is 22.0 Å². The predicted octanol–water partition coefficient (Wildman–Crippen LogP) is 2.40. The zero-order valence-corrected chi connectivity index (χ0v) is 27.9. The Morgan fingerprint density at radius 3 is 2.44 bits per heavy atom. The molecule has 1 aromatic carbocycles. The first-order valence-electron chi connectivity index (χ1n) is 13.0. The third-order valence-corrected chi connectivity index (χ3v) is 9.22. The van der Waals surface area contributed by atoms with Crippen LogP contribution in [0.15, 0.2) is 30.6 Å². The van der Waals surface area contributed by atoms with Crippen LogP contribution < -0.4 is 14.9 Å². The number of halogens is 2. The Morgan fingerprint density at radius 2 is 1.80 bits per heavy atom. The number of carbonyl (C=O) groups excluding carboxylic acids is 1. The normalized spacial score (nSPS) is 19.1. The molecule has 2 aromatic heterocycles. The SMILES string of the molecule is O=C(Nc1cnc2cnn(C3CC(F)(F)C3)c2n1)c1ccc(NS(=O)(=O)CCO)cc1N1CCC2(CC1)CC2.[Na].[Na]. The first-order chi connectivity index (χ1) is 18.6. The van der Waals surface area contributed by atoms with Crippen molar-refractivity contribution < 1.29 is 27.1 Å². The van der Waals surface area contributed by atoms with E-state index in [-0.39, 0.29) is 77.8 Å². The molecule has 1 aliphatic heterocycles. The number of alkyl halides is 2. The summed E-state index contributed by atoms with van der Waals surface area (Å²) in [6.45, 7) is 0.971. The molecule has 11 nitrogen and oxygen atoms in total. The number of aliphatic hydroxyl groups is 1. The van der Waals surface area contributed by atoms with Gasteiger partial charge in [0.1, 0.15) is 5.52 Å². The molecule has 3 fully saturated rings. The van der Waals surface area contributed by atoms with Crippen molar-refractivity contribution in [3.8, 4) is 0 Å². The third kappa shape index (κ3) is 7.06. The van der Waals surface area contributed by atoms with Crippen LogP contribution >= 0.6 is 0 Å². The van der Waals surface area contributed by atoms with Crippen LogP contribution in [0, 0.1) is 5.41 Å². The molecular formula is C25H29F2N7Na2O4S. The second kappa shape index (κ2) is 12.3. The van der Waals surface area contributed by atoms with Crippen LogP contribution in [0.3, 0.4) is 0 Å². The van der Waals surface area contributed by atoms with Crippen LogP contribution in [0.25, 0.3) is 11.2 Å². The van der Waals surface area contributed by atoms with Crippen LogP contribution in [0.5, 0.6) is 0 Å². The number of amides is 1. The van der Waals surface area contributed by atoms with Gasteiger partial charge >= 0.3 is 0 Å². The molecule has 1 amide bonds. The van der Waals surface area contributed by atoms with E-state index in [2.05, 4.69) is 30.0 Å². The van der Waals surface area contributed by atoms with Gasteiger partial charge in [0.2, 0.25) is 10.0 Å². The summed E-state index contributed by atoms with van der Waals surface area (Å²) in [7, 11) is -3.75. The fourth-order valence-corrected chi connectivity index (χ4v) is 6.26. The Balaban J connectivity index is 0.00000194. The number of nitrogens with zero attached hydrogens (tertiary/aromatic N) is 5. The van der Waals surface area contributed by atoms with Crippen LogP contribution in [0.2, 0.25) is 0 Å². The topological polar surface area (TPSA) is 142 Å². The summed E-state index contributed by atoms with van der Waals surface area (Å²) >= 11 is 0. The van der Waals surface area contributed by atoms with Gasteiger partial charge in [-0.25, -0.2) is 31.8 Å². The van der Waals surface area contributed by atoms with Gasteiger partial charge in [0.05, 0.1) is 47.7 Å². The smallest absolute Gasteiger partial charge is 0.258 e. The van der Waals surface area contributed by atoms with Gasteiger partial charge in [-0.2, -0.15) is 5.10 Å². The molecule has 2 saturated carbocycles. The average molecular weight is 608 g/mol. The van der Waals surface area contributed by atoms with Crippen LogP contribution in [0.1, 0.15) is 54.9 Å². The molecule has 3 aromatic rings. The standard InChI is InChI=1S/C25H29F2N7O4S.2Na/c26-25(27)12-17(13-25)34-22-19(14-29-34)28-15-21(30-22)31-23(36)18-2-1-16(32-39(37,38)10-9-35)11-20(18)33-7-5-24(3-4-24)6-8-33;;/h1-2,11,14-15,17,32,35H,3-10,12-13H2,(H,30,31,36);;. The number of benzene rings is 1. The van der Waals surface area contributed by atoms with Gasteiger partial charge in [0.25, 0.3) is 11.8 Å². The van der Waals surface area contributed by atoms with E-state index in [1.165, 1.54) is 36.0 Å². The van der Waals surface area contributed by atoms with Gasteiger partial charge in [-0.05, 0) is 49.3 Å². The van der Waals surface area contributed by atoms with Crippen LogP contribution in [-0.4, -0.2) is 130 Å². The second-order valence-corrected chi connectivity index (χ2v) is 12.6. The van der Waals surface area contributed by atoms with Crippen molar-refractivity contribution in [1.82, 2.24) is 19.7 Å². The molecule has 0 bridgehead atoms. The van der Waals surface area contributed by atoms with E-state index in [4.69, 9.17) is 5.11 Å². The van der Waals surface area contributed by atoms with Gasteiger partial charge < -0.3 is 15.3 Å². The summed E-state index contributed by atoms with van der Waals surface area (Å²) in [6.07, 6.45) is 6.63. The second-order valence-electron chi connectivity index (χ2n) is 10.8. The van der Waals surface area contributed by atoms with Crippen molar-refractivity contribution >= 4 is 103 Å². The summed E-state index contributed by atoms with van der Waals surface area (Å²) in [5, 5.41) is 16.0. The maximum atomic E-state index is 13.5. The maximum absolute atomic E-state index is 13.5. The molecule has 6 rings (SSSR count). The molecule has 0 unspecified atom stereocenters. The fraction of sp³-hybridized carbons (Fsp3) is 0.520. The van der Waals surface area contributed by atoms with E-state index in [0.717, 1.165) is 25.9 Å². The first-order valence-corrected chi connectivity index (χ1v) is 14.6. The Bertz CT molecular complexity index is 1530. The number of fused-ring (bicyclic) bond motifs is 1. The molecule has 1 spiro atoms. The minimum atomic E-state index is -3.75. The number of piperidine rings is 1. The van der Waals surface area contributed by atoms with Gasteiger partial charge in [-0.15, -0.1) is 0 Å². The Morgan fingerprint density at radius 1 is 1.10 bits per heavy atom. The van der Waals surface area contributed by atoms with Crippen molar-refractivity contribution in [2.45, 2.75) is 50.5 Å². The van der Waals surface area contributed by atoms with E-state index >= 15 is 0 Å². The van der Waals surface area contributed by atoms with Crippen LogP contribution in [-0.2, 0) is 10.0 Å². The minimum absolute atomic E-state index is 0. The Kier molecular flexibility index (Phi) is 9.76. The molecule has 3 heterocycles. The number of aromatic nitrogens is 4. The third-order valence-electron chi connectivity index (χ3n) is 7.96. The Labute approximate surface area is 280 Å². The van der Waals surface area contributed by atoms with Crippen molar-refractivity contribution in [3.05, 3.63) is 36.2 Å². The average Bonchev–Trinajstić information content (AvgIpc) is 3.49. The monoisotopic (exact) mass is 607 g/mol. The zero-order valence-electron chi connectivity index (χ0n) is 23.1. The van der Waals surface area contributed by atoms with Crippen molar-refractivity contribution in [1.29, 1.82) is 0 Å². The molecule has 41 heavy (non-hydrogen) atoms. The zero-order chi connectivity index (χ0) is 27.4. The van der Waals surface area contributed by atoms with Crippen LogP contribution in [0.4, 0.5) is 26.0 Å². The van der Waals surface area contributed by atoms with Gasteiger partial charge in [-0.1, -0.05) is 0 Å². The first kappa shape index (κ1) is 32.5. The number of carbonyl (C=O) groups is 1. The number of sulfonamides is 1. The predicted molar refractivity (Wildman–Crippen MR) is 152 cm³/mol. The summed E-state index contributed by atoms with van der Waals surface area (Å²) in [5.74, 6) is -3.47. The van der Waals surface area contributed by atoms with Crippen molar-refractivity contribution in [2.75, 3.05) is 40.4 Å². The minimum Gasteiger partial charge on any atom is -0.395 e. The molecular weight excluding hydrogens is 578 g/mol. The quantitative estimate of drug-likeness (QED) is 0.332. The van der Waals surface area contributed by atoms with E-state index in [0.29, 0.717) is 33.5 Å². The van der Waals surface area contributed by atoms with Gasteiger partial charge in [-0.3, -0.25) is 9.52 Å². The molecule has 1 saturated heterocycles. The molecule has 3 N–H and O–H groups in total. The molecule has 16 heteroatoms. The number of hydrogen-bond donors (Lipinski definition) is 3. The van der Waals surface area contributed by atoms with Crippen molar-refractivity contribution in [3.63, 3.8) is 0 Å². The number of anilines is 3.